The van der Waals surface area contributed by atoms with Gasteiger partial charge in [-0.1, -0.05) is 24.3 Å². The van der Waals surface area contributed by atoms with Crippen molar-refractivity contribution in [2.75, 3.05) is 12.4 Å². The van der Waals surface area contributed by atoms with Crippen molar-refractivity contribution in [1.29, 1.82) is 0 Å². The molecule has 1 saturated heterocycles. The van der Waals surface area contributed by atoms with Gasteiger partial charge in [-0.3, -0.25) is 4.79 Å². The first kappa shape index (κ1) is 13.0. The summed E-state index contributed by atoms with van der Waals surface area (Å²) in [5.74, 6) is 0.266. The number of carboxylic acids is 1. The molecule has 0 bridgehead atoms. The molecule has 2 atom stereocenters. The van der Waals surface area contributed by atoms with Gasteiger partial charge in [-0.15, -0.1) is 11.8 Å². The number of hydrogen-bond acceptors (Lipinski definition) is 3. The molecular formula is C15H18O3S. The lowest BCUT2D eigenvalue weighted by Gasteiger charge is -2.32. The molecule has 2 unspecified atom stereocenters. The van der Waals surface area contributed by atoms with E-state index in [4.69, 9.17) is 4.74 Å². The third-order valence-corrected chi connectivity index (χ3v) is 5.69. The summed E-state index contributed by atoms with van der Waals surface area (Å²) in [5, 5.41) is 9.57. The first-order valence-electron chi connectivity index (χ1n) is 6.78. The summed E-state index contributed by atoms with van der Waals surface area (Å²) in [6, 6.07) is 8.25. The smallest absolute Gasteiger partial charge is 0.319 e. The van der Waals surface area contributed by atoms with Gasteiger partial charge in [0.25, 0.3) is 0 Å². The lowest BCUT2D eigenvalue weighted by Crippen LogP contribution is -2.35. The molecule has 1 N–H and O–H groups in total. The van der Waals surface area contributed by atoms with Crippen LogP contribution in [0.4, 0.5) is 0 Å². The zero-order chi connectivity index (χ0) is 13.3. The highest BCUT2D eigenvalue weighted by molar-refractivity contribution is 8.01. The number of carbonyl (C=O) groups is 1. The molecule has 2 heterocycles. The van der Waals surface area contributed by atoms with E-state index in [1.165, 1.54) is 11.1 Å². The number of carboxylic acid groups (broad SMARTS) is 1. The second-order valence-electron chi connectivity index (χ2n) is 5.26. The highest BCUT2D eigenvalue weighted by Crippen LogP contribution is 2.46. The van der Waals surface area contributed by atoms with E-state index in [2.05, 4.69) is 12.1 Å². The van der Waals surface area contributed by atoms with Crippen LogP contribution in [-0.4, -0.2) is 28.2 Å². The SMILES string of the molecule is O=C(O)C1(CC2OCCc3ccccc32)CCCS1. The van der Waals surface area contributed by atoms with Crippen LogP contribution in [0.1, 0.15) is 36.5 Å². The van der Waals surface area contributed by atoms with Gasteiger partial charge in [0.15, 0.2) is 0 Å². The summed E-state index contributed by atoms with van der Waals surface area (Å²) in [6.07, 6.45) is 3.20. The van der Waals surface area contributed by atoms with Crippen molar-refractivity contribution < 1.29 is 14.6 Å². The zero-order valence-corrected chi connectivity index (χ0v) is 11.6. The van der Waals surface area contributed by atoms with E-state index in [0.29, 0.717) is 13.0 Å². The van der Waals surface area contributed by atoms with E-state index in [1.807, 2.05) is 12.1 Å². The first-order valence-corrected chi connectivity index (χ1v) is 7.77. The third-order valence-electron chi connectivity index (χ3n) is 4.10. The fourth-order valence-corrected chi connectivity index (χ4v) is 4.42. The van der Waals surface area contributed by atoms with Crippen LogP contribution in [0.5, 0.6) is 0 Å². The second-order valence-corrected chi connectivity index (χ2v) is 6.74. The van der Waals surface area contributed by atoms with Crippen LogP contribution in [0.15, 0.2) is 24.3 Å². The minimum Gasteiger partial charge on any atom is -0.480 e. The summed E-state index contributed by atoms with van der Waals surface area (Å²) >= 11 is 1.59. The standard InChI is InChI=1S/C15H18O3S/c16-14(17)15(7-3-9-19-15)10-13-12-5-2-1-4-11(12)6-8-18-13/h1-2,4-5,13H,3,6-10H2,(H,16,17). The Morgan fingerprint density at radius 2 is 2.32 bits per heavy atom. The van der Waals surface area contributed by atoms with E-state index >= 15 is 0 Å². The van der Waals surface area contributed by atoms with Crippen molar-refractivity contribution in [2.45, 2.75) is 36.5 Å². The van der Waals surface area contributed by atoms with Gasteiger partial charge in [-0.25, -0.2) is 0 Å². The number of thioether (sulfide) groups is 1. The van der Waals surface area contributed by atoms with Crippen molar-refractivity contribution >= 4 is 17.7 Å². The molecule has 102 valence electrons. The largest absolute Gasteiger partial charge is 0.480 e. The predicted octanol–water partition coefficient (Wildman–Crippen LogP) is 3.04. The number of aliphatic carboxylic acids is 1. The van der Waals surface area contributed by atoms with Crippen molar-refractivity contribution in [2.24, 2.45) is 0 Å². The van der Waals surface area contributed by atoms with Crippen molar-refractivity contribution in [1.82, 2.24) is 0 Å². The van der Waals surface area contributed by atoms with Gasteiger partial charge in [-0.2, -0.15) is 0 Å². The van der Waals surface area contributed by atoms with E-state index in [9.17, 15) is 9.90 Å². The average molecular weight is 278 g/mol. The molecule has 0 aromatic heterocycles. The Morgan fingerprint density at radius 3 is 3.05 bits per heavy atom. The minimum absolute atomic E-state index is 0.0633. The van der Waals surface area contributed by atoms with Gasteiger partial charge in [0.05, 0.1) is 12.7 Å². The Labute approximate surface area is 117 Å². The molecule has 1 aromatic carbocycles. The predicted molar refractivity (Wildman–Crippen MR) is 75.5 cm³/mol. The van der Waals surface area contributed by atoms with Crippen LogP contribution in [0.25, 0.3) is 0 Å². The van der Waals surface area contributed by atoms with Crippen molar-refractivity contribution in [3.05, 3.63) is 35.4 Å². The molecule has 0 saturated carbocycles. The molecular weight excluding hydrogens is 260 g/mol. The quantitative estimate of drug-likeness (QED) is 0.923. The molecule has 1 aromatic rings. The highest BCUT2D eigenvalue weighted by Gasteiger charge is 2.45. The Morgan fingerprint density at radius 1 is 1.47 bits per heavy atom. The number of fused-ring (bicyclic) bond motifs is 1. The number of hydrogen-bond donors (Lipinski definition) is 1. The van der Waals surface area contributed by atoms with Crippen LogP contribution in [0.3, 0.4) is 0 Å². The van der Waals surface area contributed by atoms with Crippen LogP contribution in [-0.2, 0) is 16.0 Å². The summed E-state index contributed by atoms with van der Waals surface area (Å²) in [6.45, 7) is 0.696. The molecule has 3 rings (SSSR count). The Bertz CT molecular complexity index is 480. The second kappa shape index (κ2) is 5.17. The summed E-state index contributed by atoms with van der Waals surface area (Å²) in [5.41, 5.74) is 2.49. The third kappa shape index (κ3) is 2.39. The van der Waals surface area contributed by atoms with E-state index < -0.39 is 10.7 Å². The maximum absolute atomic E-state index is 11.6. The molecule has 2 aliphatic heterocycles. The maximum Gasteiger partial charge on any atom is 0.319 e. The van der Waals surface area contributed by atoms with Gasteiger partial charge in [-0.05, 0) is 36.1 Å². The van der Waals surface area contributed by atoms with Gasteiger partial charge in [0.2, 0.25) is 0 Å². The maximum atomic E-state index is 11.6. The molecule has 3 nitrogen and oxygen atoms in total. The molecule has 0 radical (unpaired) electrons. The highest BCUT2D eigenvalue weighted by atomic mass is 32.2. The van der Waals surface area contributed by atoms with Gasteiger partial charge < -0.3 is 9.84 Å². The van der Waals surface area contributed by atoms with Crippen LogP contribution in [0, 0.1) is 0 Å². The van der Waals surface area contributed by atoms with Gasteiger partial charge in [0, 0.05) is 6.42 Å². The van der Waals surface area contributed by atoms with E-state index in [0.717, 1.165) is 25.0 Å². The Kier molecular flexibility index (Phi) is 3.54. The number of benzene rings is 1. The average Bonchev–Trinajstić information content (AvgIpc) is 2.89. The summed E-state index contributed by atoms with van der Waals surface area (Å²) in [4.78, 5) is 11.6. The lowest BCUT2D eigenvalue weighted by molar-refractivity contribution is -0.141. The monoisotopic (exact) mass is 278 g/mol. The molecule has 0 amide bonds. The number of ether oxygens (including phenoxy) is 1. The molecule has 0 spiro atoms. The van der Waals surface area contributed by atoms with Crippen LogP contribution in [0.2, 0.25) is 0 Å². The Balaban J connectivity index is 1.86. The fourth-order valence-electron chi connectivity index (χ4n) is 3.06. The summed E-state index contributed by atoms with van der Waals surface area (Å²) < 4.78 is 5.22. The van der Waals surface area contributed by atoms with Gasteiger partial charge in [0.1, 0.15) is 4.75 Å². The molecule has 2 aliphatic rings. The molecule has 0 aliphatic carbocycles. The Hall–Kier alpha value is -1.00. The lowest BCUT2D eigenvalue weighted by atomic mass is 9.88. The van der Waals surface area contributed by atoms with E-state index in [1.54, 1.807) is 11.8 Å². The van der Waals surface area contributed by atoms with Gasteiger partial charge >= 0.3 is 5.97 Å². The molecule has 19 heavy (non-hydrogen) atoms. The van der Waals surface area contributed by atoms with E-state index in [-0.39, 0.29) is 6.10 Å². The minimum atomic E-state index is -0.679. The van der Waals surface area contributed by atoms with Crippen LogP contribution >= 0.6 is 11.8 Å². The van der Waals surface area contributed by atoms with Crippen molar-refractivity contribution in [3.63, 3.8) is 0 Å². The number of rotatable bonds is 3. The molecule has 1 fully saturated rings. The summed E-state index contributed by atoms with van der Waals surface area (Å²) in [7, 11) is 0. The van der Waals surface area contributed by atoms with Crippen LogP contribution < -0.4 is 0 Å². The van der Waals surface area contributed by atoms with Crippen molar-refractivity contribution in [3.8, 4) is 0 Å². The normalized spacial score (nSPS) is 30.0. The fraction of sp³-hybridized carbons (Fsp3) is 0.533. The molecule has 4 heteroatoms. The zero-order valence-electron chi connectivity index (χ0n) is 10.8. The topological polar surface area (TPSA) is 46.5 Å². The first-order chi connectivity index (χ1) is 9.21.